The predicted molar refractivity (Wildman–Crippen MR) is 50.7 cm³/mol. The quantitative estimate of drug-likeness (QED) is 0.672. The van der Waals surface area contributed by atoms with E-state index in [0.717, 1.165) is 6.07 Å². The van der Waals surface area contributed by atoms with Gasteiger partial charge in [-0.1, -0.05) is 0 Å². The molecule has 0 heterocycles. The van der Waals surface area contributed by atoms with E-state index in [9.17, 15) is 26.3 Å². The van der Waals surface area contributed by atoms with Gasteiger partial charge in [-0.3, -0.25) is 0 Å². The van der Waals surface area contributed by atoms with E-state index in [0.29, 0.717) is 12.1 Å². The molecule has 1 atom stereocenters. The van der Waals surface area contributed by atoms with Crippen molar-refractivity contribution in [3.63, 3.8) is 0 Å². The van der Waals surface area contributed by atoms with E-state index in [-0.39, 0.29) is 0 Å². The molecule has 98 valence electrons. The lowest BCUT2D eigenvalue weighted by Gasteiger charge is -2.14. The zero-order chi connectivity index (χ0) is 13.9. The molecule has 1 aromatic rings. The molecule has 0 aromatic heterocycles. The molecule has 18 heavy (non-hydrogen) atoms. The van der Waals surface area contributed by atoms with Gasteiger partial charge in [-0.25, -0.2) is 13.2 Å². The van der Waals surface area contributed by atoms with Crippen LogP contribution in [0.15, 0.2) is 18.2 Å². The number of anilines is 1. The second-order valence-electron chi connectivity index (χ2n) is 3.25. The van der Waals surface area contributed by atoms with Crippen LogP contribution in [0, 0.1) is 11.3 Å². The van der Waals surface area contributed by atoms with Crippen molar-refractivity contribution in [1.82, 2.24) is 0 Å². The lowest BCUT2D eigenvalue weighted by molar-refractivity contribution is -0.137. The predicted octanol–water partition coefficient (Wildman–Crippen LogP) is 3.55. The molecule has 1 aromatic carbocycles. The molecule has 8 heteroatoms. The van der Waals surface area contributed by atoms with Gasteiger partial charge in [0.2, 0.25) is 6.30 Å². The fraction of sp³-hybridized carbons (Fsp3) is 0.300. The maximum absolute atomic E-state index is 12.7. The zero-order valence-corrected chi connectivity index (χ0v) is 8.60. The van der Waals surface area contributed by atoms with E-state index in [4.69, 9.17) is 5.26 Å². The summed E-state index contributed by atoms with van der Waals surface area (Å²) in [5.74, 6) is 0. The van der Waals surface area contributed by atoms with Gasteiger partial charge in [0, 0.05) is 0 Å². The molecule has 1 unspecified atom stereocenters. The Morgan fingerprint density at radius 3 is 2.22 bits per heavy atom. The molecule has 0 fully saturated rings. The van der Waals surface area contributed by atoms with E-state index in [1.807, 2.05) is 0 Å². The van der Waals surface area contributed by atoms with Crippen molar-refractivity contribution in [3.8, 4) is 6.07 Å². The summed E-state index contributed by atoms with van der Waals surface area (Å²) in [6.45, 7) is 0. The average Bonchev–Trinajstić information content (AvgIpc) is 2.27. The van der Waals surface area contributed by atoms with Crippen LogP contribution < -0.4 is 5.32 Å². The number of hydrogen-bond acceptors (Lipinski definition) is 2. The van der Waals surface area contributed by atoms with Gasteiger partial charge in [0.15, 0.2) is 0 Å². The maximum Gasteiger partial charge on any atom is 0.416 e. The van der Waals surface area contributed by atoms with Crippen molar-refractivity contribution >= 4 is 5.69 Å². The van der Waals surface area contributed by atoms with E-state index < -0.39 is 35.7 Å². The molecule has 0 saturated heterocycles. The molecule has 2 nitrogen and oxygen atoms in total. The van der Waals surface area contributed by atoms with Gasteiger partial charge in [-0.15, -0.1) is 0 Å². The first-order chi connectivity index (χ1) is 8.25. The second kappa shape index (κ2) is 5.16. The molecule has 0 aliphatic carbocycles. The van der Waals surface area contributed by atoms with Crippen LogP contribution in [0.3, 0.4) is 0 Å². The minimum Gasteiger partial charge on any atom is -0.350 e. The Bertz CT molecular complexity index is 462. The van der Waals surface area contributed by atoms with E-state index >= 15 is 0 Å². The fourth-order valence-electron chi connectivity index (χ4n) is 1.15. The fourth-order valence-corrected chi connectivity index (χ4v) is 1.15. The van der Waals surface area contributed by atoms with Crippen LogP contribution in [0.1, 0.15) is 11.1 Å². The number of halogens is 6. The molecule has 0 radical (unpaired) electrons. The third kappa shape index (κ3) is 3.29. The topological polar surface area (TPSA) is 35.8 Å². The van der Waals surface area contributed by atoms with E-state index in [1.165, 1.54) is 6.07 Å². The van der Waals surface area contributed by atoms with E-state index in [2.05, 4.69) is 0 Å². The van der Waals surface area contributed by atoms with Crippen LogP contribution in [-0.2, 0) is 6.18 Å². The summed E-state index contributed by atoms with van der Waals surface area (Å²) < 4.78 is 73.4. The number of nitriles is 1. The molecule has 0 aliphatic heterocycles. The van der Waals surface area contributed by atoms with Crippen LogP contribution >= 0.6 is 0 Å². The lowest BCUT2D eigenvalue weighted by atomic mass is 10.1. The van der Waals surface area contributed by atoms with Gasteiger partial charge in [0.1, 0.15) is 6.07 Å². The summed E-state index contributed by atoms with van der Waals surface area (Å²) in [4.78, 5) is 0. The number of nitrogens with one attached hydrogen (secondary N) is 1. The lowest BCUT2D eigenvalue weighted by Crippen LogP contribution is -2.23. The third-order valence-electron chi connectivity index (χ3n) is 1.98. The molecule has 0 aliphatic rings. The van der Waals surface area contributed by atoms with Crippen LogP contribution in [-0.4, -0.2) is 12.7 Å². The largest absolute Gasteiger partial charge is 0.416 e. The highest BCUT2D eigenvalue weighted by atomic mass is 19.4. The van der Waals surface area contributed by atoms with Crippen LogP contribution in [0.4, 0.5) is 32.0 Å². The monoisotopic (exact) mass is 268 g/mol. The molecule has 1 rings (SSSR count). The first-order valence-electron chi connectivity index (χ1n) is 4.56. The Hall–Kier alpha value is -1.91. The summed E-state index contributed by atoms with van der Waals surface area (Å²) in [6.07, 6.45) is -10.8. The second-order valence-corrected chi connectivity index (χ2v) is 3.25. The molecule has 0 bridgehead atoms. The molecule has 0 amide bonds. The Labute approximate surface area is 97.8 Å². The number of alkyl halides is 6. The van der Waals surface area contributed by atoms with Gasteiger partial charge in [-0.2, -0.15) is 18.4 Å². The highest BCUT2D eigenvalue weighted by Crippen LogP contribution is 2.32. The summed E-state index contributed by atoms with van der Waals surface area (Å²) in [7, 11) is 0. The van der Waals surface area contributed by atoms with Gasteiger partial charge >= 0.3 is 6.18 Å². The van der Waals surface area contributed by atoms with Crippen LogP contribution in [0.25, 0.3) is 0 Å². The normalized spacial score (nSPS) is 13.2. The zero-order valence-electron chi connectivity index (χ0n) is 8.60. The van der Waals surface area contributed by atoms with Gasteiger partial charge in [0.05, 0.1) is 16.8 Å². The minimum absolute atomic E-state index is 0.418. The summed E-state index contributed by atoms with van der Waals surface area (Å²) in [5.41, 5.74) is -2.09. The molecular weight excluding hydrogens is 262 g/mol. The van der Waals surface area contributed by atoms with Gasteiger partial charge in [0.25, 0.3) is 6.43 Å². The van der Waals surface area contributed by atoms with Crippen molar-refractivity contribution in [3.05, 3.63) is 29.3 Å². The van der Waals surface area contributed by atoms with Crippen molar-refractivity contribution in [1.29, 1.82) is 5.26 Å². The number of hydrogen-bond donors (Lipinski definition) is 1. The van der Waals surface area contributed by atoms with E-state index in [1.54, 1.807) is 5.32 Å². The third-order valence-corrected chi connectivity index (χ3v) is 1.98. The Morgan fingerprint density at radius 1 is 1.17 bits per heavy atom. The highest BCUT2D eigenvalue weighted by molar-refractivity contribution is 5.59. The molecular formula is C10H6F6N2. The maximum atomic E-state index is 12.7. The Balaban J connectivity index is 3.06. The Morgan fingerprint density at radius 2 is 1.78 bits per heavy atom. The minimum atomic E-state index is -4.66. The first kappa shape index (κ1) is 14.2. The standard InChI is InChI=1S/C10H6F6N2/c11-8(12)9(13)18-7-2-1-6(10(14,15)16)3-5(7)4-17/h1-3,8-9,18H. The van der Waals surface area contributed by atoms with Crippen LogP contribution in [0.2, 0.25) is 0 Å². The summed E-state index contributed by atoms with van der Waals surface area (Å²) in [6, 6.07) is 3.14. The first-order valence-corrected chi connectivity index (χ1v) is 4.56. The number of rotatable bonds is 3. The molecule has 1 N–H and O–H groups in total. The molecule has 0 saturated carbocycles. The van der Waals surface area contributed by atoms with Crippen molar-refractivity contribution in [2.45, 2.75) is 18.9 Å². The van der Waals surface area contributed by atoms with Crippen molar-refractivity contribution in [2.24, 2.45) is 0 Å². The Kier molecular flexibility index (Phi) is 4.06. The summed E-state index contributed by atoms with van der Waals surface area (Å²) >= 11 is 0. The highest BCUT2D eigenvalue weighted by Gasteiger charge is 2.31. The van der Waals surface area contributed by atoms with Crippen molar-refractivity contribution in [2.75, 3.05) is 5.32 Å². The van der Waals surface area contributed by atoms with Gasteiger partial charge < -0.3 is 5.32 Å². The van der Waals surface area contributed by atoms with Crippen LogP contribution in [0.5, 0.6) is 0 Å². The summed E-state index contributed by atoms with van der Waals surface area (Å²) in [5, 5.41) is 10.2. The SMILES string of the molecule is N#Cc1cc(C(F)(F)F)ccc1NC(F)C(F)F. The molecule has 0 spiro atoms. The van der Waals surface area contributed by atoms with Gasteiger partial charge in [-0.05, 0) is 18.2 Å². The average molecular weight is 268 g/mol. The number of nitrogens with zero attached hydrogens (tertiary/aromatic N) is 1. The van der Waals surface area contributed by atoms with Crippen molar-refractivity contribution < 1.29 is 26.3 Å². The smallest absolute Gasteiger partial charge is 0.350 e. The number of benzene rings is 1.